The number of carboxylic acid groups (broad SMARTS) is 1. The molecule has 1 amide bonds. The first-order valence-corrected chi connectivity index (χ1v) is 10.9. The van der Waals surface area contributed by atoms with Crippen LogP contribution in [0, 0.1) is 5.92 Å². The maximum Gasteiger partial charge on any atom is 0.317 e. The largest absolute Gasteiger partial charge is 0.480 e. The molecule has 6 heteroatoms. The van der Waals surface area contributed by atoms with Crippen molar-refractivity contribution in [3.05, 3.63) is 35.9 Å². The van der Waals surface area contributed by atoms with Crippen LogP contribution in [0.25, 0.3) is 0 Å². The van der Waals surface area contributed by atoms with Crippen molar-refractivity contribution >= 4 is 23.6 Å². The molecule has 27 heavy (non-hydrogen) atoms. The molecule has 2 rings (SSSR count). The number of likely N-dealkylation sites (tertiary alicyclic amines) is 1. The fourth-order valence-corrected chi connectivity index (χ4v) is 4.85. The van der Waals surface area contributed by atoms with E-state index in [-0.39, 0.29) is 29.7 Å². The third-order valence-electron chi connectivity index (χ3n) is 5.16. The number of amides is 1. The number of carboxylic acids is 1. The summed E-state index contributed by atoms with van der Waals surface area (Å²) in [5.41, 5.74) is 1.24. The zero-order valence-corrected chi connectivity index (χ0v) is 17.5. The quantitative estimate of drug-likeness (QED) is 0.698. The maximum atomic E-state index is 13.1. The van der Waals surface area contributed by atoms with Crippen LogP contribution in [0.2, 0.25) is 0 Å². The number of carbonyl (C=O) groups excluding carboxylic acids is 1. The molecule has 0 aliphatic carbocycles. The first kappa shape index (κ1) is 21.8. The van der Waals surface area contributed by atoms with E-state index in [0.717, 1.165) is 38.2 Å². The Kier molecular flexibility index (Phi) is 8.64. The number of benzene rings is 1. The number of carbonyl (C=O) groups is 2. The van der Waals surface area contributed by atoms with Crippen molar-refractivity contribution in [3.8, 4) is 0 Å². The number of likely N-dealkylation sites (N-methyl/N-ethyl adjacent to an activating group) is 1. The van der Waals surface area contributed by atoms with E-state index in [1.165, 1.54) is 5.56 Å². The molecule has 5 nitrogen and oxygen atoms in total. The molecule has 0 aromatic heterocycles. The Bertz CT molecular complexity index is 601. The Morgan fingerprint density at radius 3 is 2.37 bits per heavy atom. The number of piperidine rings is 1. The topological polar surface area (TPSA) is 60.9 Å². The van der Waals surface area contributed by atoms with Gasteiger partial charge in [0.05, 0.1) is 11.8 Å². The minimum Gasteiger partial charge on any atom is -0.480 e. The molecule has 0 bridgehead atoms. The summed E-state index contributed by atoms with van der Waals surface area (Å²) in [6, 6.07) is 10.5. The van der Waals surface area contributed by atoms with Crippen molar-refractivity contribution in [2.75, 3.05) is 26.2 Å². The number of nitrogens with zero attached hydrogens (tertiary/aromatic N) is 2. The van der Waals surface area contributed by atoms with E-state index in [1.54, 1.807) is 11.8 Å². The predicted molar refractivity (Wildman–Crippen MR) is 111 cm³/mol. The molecule has 1 unspecified atom stereocenters. The molecule has 1 aromatic carbocycles. The van der Waals surface area contributed by atoms with E-state index in [4.69, 9.17) is 5.11 Å². The van der Waals surface area contributed by atoms with E-state index in [0.29, 0.717) is 0 Å². The fraction of sp³-hybridized carbons (Fsp3) is 0.619. The molecule has 1 heterocycles. The van der Waals surface area contributed by atoms with Gasteiger partial charge in [0.1, 0.15) is 0 Å². The van der Waals surface area contributed by atoms with E-state index < -0.39 is 5.97 Å². The molecule has 1 aliphatic heterocycles. The van der Waals surface area contributed by atoms with Gasteiger partial charge in [-0.15, -0.1) is 11.8 Å². The van der Waals surface area contributed by atoms with E-state index in [2.05, 4.69) is 26.0 Å². The van der Waals surface area contributed by atoms with E-state index >= 15 is 0 Å². The molecule has 1 aliphatic rings. The van der Waals surface area contributed by atoms with Crippen molar-refractivity contribution in [1.82, 2.24) is 9.80 Å². The van der Waals surface area contributed by atoms with Crippen LogP contribution in [-0.2, 0) is 15.3 Å². The molecule has 0 saturated carbocycles. The summed E-state index contributed by atoms with van der Waals surface area (Å²) in [4.78, 5) is 28.1. The monoisotopic (exact) mass is 392 g/mol. The first-order chi connectivity index (χ1) is 12.9. The third kappa shape index (κ3) is 6.54. The first-order valence-electron chi connectivity index (χ1n) is 9.82. The van der Waals surface area contributed by atoms with Gasteiger partial charge in [0.2, 0.25) is 5.91 Å². The summed E-state index contributed by atoms with van der Waals surface area (Å²) in [6.45, 7) is 8.46. The maximum absolute atomic E-state index is 13.1. The second kappa shape index (κ2) is 10.7. The molecular formula is C21H32N2O3S. The number of hydrogen-bond acceptors (Lipinski definition) is 4. The van der Waals surface area contributed by atoms with Crippen LogP contribution in [0.1, 0.15) is 39.2 Å². The van der Waals surface area contributed by atoms with Gasteiger partial charge >= 0.3 is 5.97 Å². The summed E-state index contributed by atoms with van der Waals surface area (Å²) < 4.78 is 0. The van der Waals surface area contributed by atoms with Crippen LogP contribution in [0.15, 0.2) is 30.3 Å². The van der Waals surface area contributed by atoms with Gasteiger partial charge in [0.15, 0.2) is 0 Å². The zero-order valence-electron chi connectivity index (χ0n) is 16.6. The van der Waals surface area contributed by atoms with Gasteiger partial charge in [-0.3, -0.25) is 14.5 Å². The molecule has 1 N–H and O–H groups in total. The molecular weight excluding hydrogens is 360 g/mol. The predicted octanol–water partition coefficient (Wildman–Crippen LogP) is 3.34. The Labute approximate surface area is 167 Å². The summed E-state index contributed by atoms with van der Waals surface area (Å²) in [5.74, 6) is 0.565. The summed E-state index contributed by atoms with van der Waals surface area (Å²) in [6.07, 6.45) is 1.70. The van der Waals surface area contributed by atoms with Crippen molar-refractivity contribution in [2.45, 2.75) is 50.7 Å². The van der Waals surface area contributed by atoms with Crippen LogP contribution in [0.4, 0.5) is 0 Å². The molecule has 150 valence electrons. The average Bonchev–Trinajstić information content (AvgIpc) is 2.66. The molecule has 1 fully saturated rings. The Morgan fingerprint density at radius 1 is 1.22 bits per heavy atom. The highest BCUT2D eigenvalue weighted by molar-refractivity contribution is 7.99. The SMILES string of the molecule is CCN(CC(=O)O)C1CCN(C(=O)C(SCc2ccccc2)C(C)C)CC1. The second-order valence-corrected chi connectivity index (χ2v) is 8.60. The highest BCUT2D eigenvalue weighted by Crippen LogP contribution is 2.27. The fourth-order valence-electron chi connectivity index (χ4n) is 3.61. The van der Waals surface area contributed by atoms with Gasteiger partial charge in [0, 0.05) is 24.9 Å². The Hall–Kier alpha value is -1.53. The smallest absolute Gasteiger partial charge is 0.317 e. The highest BCUT2D eigenvalue weighted by Gasteiger charge is 2.32. The lowest BCUT2D eigenvalue weighted by atomic mass is 10.0. The summed E-state index contributed by atoms with van der Waals surface area (Å²) in [5, 5.41) is 9.02. The lowest BCUT2D eigenvalue weighted by Gasteiger charge is -2.39. The van der Waals surface area contributed by atoms with Gasteiger partial charge < -0.3 is 10.0 Å². The standard InChI is InChI=1S/C21H32N2O3S/c1-4-22(14-19(24)25)18-10-12-23(13-11-18)21(26)20(16(2)3)27-15-17-8-6-5-7-9-17/h5-9,16,18,20H,4,10-15H2,1-3H3,(H,24,25). The van der Waals surface area contributed by atoms with Crippen molar-refractivity contribution < 1.29 is 14.7 Å². The van der Waals surface area contributed by atoms with Crippen LogP contribution < -0.4 is 0 Å². The Balaban J connectivity index is 1.90. The highest BCUT2D eigenvalue weighted by atomic mass is 32.2. The average molecular weight is 393 g/mol. The van der Waals surface area contributed by atoms with Crippen molar-refractivity contribution in [2.24, 2.45) is 5.92 Å². The minimum atomic E-state index is -0.785. The number of rotatable bonds is 9. The third-order valence-corrected chi connectivity index (χ3v) is 6.76. The normalized spacial score (nSPS) is 16.7. The lowest BCUT2D eigenvalue weighted by molar-refractivity contribution is -0.140. The van der Waals surface area contributed by atoms with Gasteiger partial charge in [-0.05, 0) is 30.9 Å². The van der Waals surface area contributed by atoms with Crippen LogP contribution in [-0.4, -0.2) is 64.3 Å². The van der Waals surface area contributed by atoms with Crippen LogP contribution >= 0.6 is 11.8 Å². The molecule has 1 atom stereocenters. The van der Waals surface area contributed by atoms with Crippen molar-refractivity contribution in [1.29, 1.82) is 0 Å². The van der Waals surface area contributed by atoms with Crippen LogP contribution in [0.3, 0.4) is 0 Å². The molecule has 0 radical (unpaired) electrons. The second-order valence-electron chi connectivity index (χ2n) is 7.47. The Morgan fingerprint density at radius 2 is 1.85 bits per heavy atom. The summed E-state index contributed by atoms with van der Waals surface area (Å²) >= 11 is 1.73. The lowest BCUT2D eigenvalue weighted by Crippen LogP contribution is -2.50. The van der Waals surface area contributed by atoms with Crippen LogP contribution in [0.5, 0.6) is 0 Å². The molecule has 1 aromatic rings. The molecule has 1 saturated heterocycles. The van der Waals surface area contributed by atoms with Gasteiger partial charge in [0.25, 0.3) is 0 Å². The zero-order chi connectivity index (χ0) is 19.8. The number of aliphatic carboxylic acids is 1. The number of hydrogen-bond donors (Lipinski definition) is 1. The summed E-state index contributed by atoms with van der Waals surface area (Å²) in [7, 11) is 0. The minimum absolute atomic E-state index is 0.0388. The van der Waals surface area contributed by atoms with E-state index in [9.17, 15) is 9.59 Å². The molecule has 0 spiro atoms. The number of thioether (sulfide) groups is 1. The van der Waals surface area contributed by atoms with Gasteiger partial charge in [-0.25, -0.2) is 0 Å². The van der Waals surface area contributed by atoms with Crippen molar-refractivity contribution in [3.63, 3.8) is 0 Å². The van der Waals surface area contributed by atoms with Gasteiger partial charge in [-0.2, -0.15) is 0 Å². The van der Waals surface area contributed by atoms with Gasteiger partial charge in [-0.1, -0.05) is 51.1 Å². The van der Waals surface area contributed by atoms with E-state index in [1.807, 2.05) is 34.9 Å².